The summed E-state index contributed by atoms with van der Waals surface area (Å²) in [5.41, 5.74) is 0.693. The molecule has 1 aromatic rings. The van der Waals surface area contributed by atoms with Crippen LogP contribution in [0.25, 0.3) is 0 Å². The van der Waals surface area contributed by atoms with E-state index in [4.69, 9.17) is 4.74 Å². The molecule has 3 rings (SSSR count). The highest BCUT2D eigenvalue weighted by Gasteiger charge is 2.43. The van der Waals surface area contributed by atoms with Crippen molar-refractivity contribution < 1.29 is 23.9 Å². The van der Waals surface area contributed by atoms with Crippen molar-refractivity contribution in [2.75, 3.05) is 19.7 Å². The van der Waals surface area contributed by atoms with Gasteiger partial charge in [-0.05, 0) is 51.0 Å². The van der Waals surface area contributed by atoms with Crippen LogP contribution in [0, 0.1) is 5.41 Å². The van der Waals surface area contributed by atoms with Crippen LogP contribution in [0.1, 0.15) is 51.0 Å². The first-order valence-corrected chi connectivity index (χ1v) is 11.0. The van der Waals surface area contributed by atoms with Gasteiger partial charge in [-0.15, -0.1) is 0 Å². The summed E-state index contributed by atoms with van der Waals surface area (Å²) in [4.78, 5) is 50.0. The zero-order chi connectivity index (χ0) is 22.3. The molecule has 2 saturated heterocycles. The van der Waals surface area contributed by atoms with Gasteiger partial charge in [0.25, 0.3) is 5.91 Å². The Bertz CT molecular complexity index is 803. The number of imide groups is 1. The number of aryl methyl sites for hydroxylation is 1. The number of amides is 4. The minimum atomic E-state index is -0.655. The van der Waals surface area contributed by atoms with Gasteiger partial charge in [0.15, 0.2) is 0 Å². The molecule has 0 bridgehead atoms. The smallest absolute Gasteiger partial charge is 0.322 e. The Morgan fingerprint density at radius 1 is 1.16 bits per heavy atom. The van der Waals surface area contributed by atoms with Gasteiger partial charge in [0.05, 0.1) is 12.0 Å². The highest BCUT2D eigenvalue weighted by molar-refractivity contribution is 6.04. The number of ether oxygens (including phenoxy) is 1. The van der Waals surface area contributed by atoms with Crippen molar-refractivity contribution >= 4 is 23.8 Å². The minimum Gasteiger partial charge on any atom is -0.466 e. The molecule has 0 unspecified atom stereocenters. The van der Waals surface area contributed by atoms with E-state index in [-0.39, 0.29) is 24.7 Å². The number of carbonyl (C=O) groups excluding carboxylic acids is 4. The molecule has 0 spiro atoms. The molecule has 2 aliphatic heterocycles. The normalized spacial score (nSPS) is 20.2. The molecule has 2 aliphatic rings. The first-order valence-electron chi connectivity index (χ1n) is 11.0. The summed E-state index contributed by atoms with van der Waals surface area (Å²) in [5, 5.41) is 4.68. The molecule has 0 aliphatic carbocycles. The summed E-state index contributed by atoms with van der Waals surface area (Å²) >= 11 is 0. The Labute approximate surface area is 182 Å². The Morgan fingerprint density at radius 2 is 1.87 bits per heavy atom. The maximum Gasteiger partial charge on any atom is 0.322 e. The van der Waals surface area contributed by atoms with Crippen LogP contribution in [0.5, 0.6) is 0 Å². The van der Waals surface area contributed by atoms with E-state index in [9.17, 15) is 19.2 Å². The second-order valence-corrected chi connectivity index (χ2v) is 8.27. The van der Waals surface area contributed by atoms with Gasteiger partial charge in [0.1, 0.15) is 6.04 Å². The van der Waals surface area contributed by atoms with E-state index in [0.717, 1.165) is 19.3 Å². The zero-order valence-corrected chi connectivity index (χ0v) is 18.0. The molecular weight excluding hydrogens is 398 g/mol. The summed E-state index contributed by atoms with van der Waals surface area (Å²) in [5.74, 6) is -0.618. The van der Waals surface area contributed by atoms with Crippen molar-refractivity contribution in [2.24, 2.45) is 5.41 Å². The number of hydrogen-bond donors (Lipinski definition) is 2. The molecule has 168 valence electrons. The molecule has 2 fully saturated rings. The Kier molecular flexibility index (Phi) is 7.65. The Morgan fingerprint density at radius 3 is 2.48 bits per heavy atom. The van der Waals surface area contributed by atoms with Crippen molar-refractivity contribution in [2.45, 2.75) is 57.9 Å². The van der Waals surface area contributed by atoms with Crippen LogP contribution in [0.15, 0.2) is 30.3 Å². The minimum absolute atomic E-state index is 0.0595. The van der Waals surface area contributed by atoms with Crippen molar-refractivity contribution in [3.05, 3.63) is 35.9 Å². The highest BCUT2D eigenvalue weighted by atomic mass is 16.5. The van der Waals surface area contributed by atoms with Crippen LogP contribution >= 0.6 is 0 Å². The maximum atomic E-state index is 12.8. The quantitative estimate of drug-likeness (QED) is 0.462. The van der Waals surface area contributed by atoms with E-state index in [1.807, 2.05) is 25.1 Å². The molecule has 0 aromatic heterocycles. The van der Waals surface area contributed by atoms with Gasteiger partial charge >= 0.3 is 12.0 Å². The number of nitrogens with zero attached hydrogens (tertiary/aromatic N) is 1. The van der Waals surface area contributed by atoms with Crippen molar-refractivity contribution in [3.63, 3.8) is 0 Å². The third kappa shape index (κ3) is 5.83. The van der Waals surface area contributed by atoms with Gasteiger partial charge in [-0.1, -0.05) is 30.3 Å². The fraction of sp³-hybridized carbons (Fsp3) is 0.565. The van der Waals surface area contributed by atoms with Gasteiger partial charge in [0, 0.05) is 19.5 Å². The van der Waals surface area contributed by atoms with E-state index >= 15 is 0 Å². The predicted octanol–water partition coefficient (Wildman–Crippen LogP) is 2.17. The van der Waals surface area contributed by atoms with Crippen LogP contribution in [0.3, 0.4) is 0 Å². The largest absolute Gasteiger partial charge is 0.466 e. The maximum absolute atomic E-state index is 12.8. The van der Waals surface area contributed by atoms with E-state index in [1.165, 1.54) is 5.56 Å². The Balaban J connectivity index is 1.52. The summed E-state index contributed by atoms with van der Waals surface area (Å²) in [6.45, 7) is 3.14. The number of urea groups is 1. The number of piperidine rings is 1. The molecule has 2 heterocycles. The first kappa shape index (κ1) is 22.8. The number of rotatable bonds is 9. The molecule has 1 aromatic carbocycles. The van der Waals surface area contributed by atoms with Gasteiger partial charge in [-0.3, -0.25) is 19.7 Å². The van der Waals surface area contributed by atoms with Crippen LogP contribution in [0.4, 0.5) is 4.79 Å². The van der Waals surface area contributed by atoms with E-state index < -0.39 is 23.4 Å². The molecule has 0 radical (unpaired) electrons. The monoisotopic (exact) mass is 429 g/mol. The molecular formula is C23H31N3O5. The fourth-order valence-corrected chi connectivity index (χ4v) is 4.39. The molecule has 8 heteroatoms. The lowest BCUT2D eigenvalue weighted by Crippen LogP contribution is -2.47. The van der Waals surface area contributed by atoms with Crippen molar-refractivity contribution in [1.29, 1.82) is 0 Å². The third-order valence-electron chi connectivity index (χ3n) is 6.25. The lowest BCUT2D eigenvalue weighted by atomic mass is 9.74. The molecule has 4 amide bonds. The molecule has 2 N–H and O–H groups in total. The summed E-state index contributed by atoms with van der Waals surface area (Å²) in [6, 6.07) is 9.02. The fourth-order valence-electron chi connectivity index (χ4n) is 4.39. The van der Waals surface area contributed by atoms with Crippen LogP contribution in [-0.4, -0.2) is 54.5 Å². The lowest BCUT2D eigenvalue weighted by molar-refractivity contribution is -0.161. The number of esters is 1. The van der Waals surface area contributed by atoms with Gasteiger partial charge in [-0.2, -0.15) is 0 Å². The number of likely N-dealkylation sites (tertiary alicyclic amines) is 1. The van der Waals surface area contributed by atoms with Crippen LogP contribution in [0.2, 0.25) is 0 Å². The molecule has 1 atom stereocenters. The second kappa shape index (κ2) is 10.4. The number of hydrogen-bond acceptors (Lipinski definition) is 5. The first-order chi connectivity index (χ1) is 14.9. The summed E-state index contributed by atoms with van der Waals surface area (Å²) in [7, 11) is 0. The lowest BCUT2D eigenvalue weighted by Gasteiger charge is -2.40. The molecule has 8 nitrogen and oxygen atoms in total. The standard InChI is InChI=1S/C23H31N3O5/c1-2-31-21(29)23(12-6-9-17-7-4-3-5-8-17)13-15-26(16-14-23)19(27)11-10-18-20(28)25-22(30)24-18/h3-5,7-8,18H,2,6,9-16H2,1H3,(H2,24,25,28,30)/t18-/m0/s1. The van der Waals surface area contributed by atoms with Crippen molar-refractivity contribution in [3.8, 4) is 0 Å². The molecule has 31 heavy (non-hydrogen) atoms. The van der Waals surface area contributed by atoms with Gasteiger partial charge < -0.3 is 15.0 Å². The summed E-state index contributed by atoms with van der Waals surface area (Å²) < 4.78 is 5.39. The SMILES string of the molecule is CCOC(=O)C1(CCCc2ccccc2)CCN(C(=O)CC[C@@H]2NC(=O)NC2=O)CC1. The van der Waals surface area contributed by atoms with Crippen LogP contribution in [-0.2, 0) is 25.5 Å². The number of benzene rings is 1. The second-order valence-electron chi connectivity index (χ2n) is 8.27. The van der Waals surface area contributed by atoms with E-state index in [2.05, 4.69) is 22.8 Å². The third-order valence-corrected chi connectivity index (χ3v) is 6.25. The molecule has 0 saturated carbocycles. The van der Waals surface area contributed by atoms with Crippen LogP contribution < -0.4 is 10.6 Å². The Hall–Kier alpha value is -2.90. The van der Waals surface area contributed by atoms with E-state index in [0.29, 0.717) is 32.5 Å². The number of nitrogens with one attached hydrogen (secondary N) is 2. The summed E-state index contributed by atoms with van der Waals surface area (Å²) in [6.07, 6.45) is 4.12. The number of carbonyl (C=O) groups is 4. The average molecular weight is 430 g/mol. The van der Waals surface area contributed by atoms with Gasteiger partial charge in [-0.25, -0.2) is 4.79 Å². The van der Waals surface area contributed by atoms with Gasteiger partial charge in [0.2, 0.25) is 5.91 Å². The van der Waals surface area contributed by atoms with Crippen molar-refractivity contribution in [1.82, 2.24) is 15.5 Å². The predicted molar refractivity (Wildman–Crippen MR) is 114 cm³/mol. The average Bonchev–Trinajstić information content (AvgIpc) is 3.10. The topological polar surface area (TPSA) is 105 Å². The van der Waals surface area contributed by atoms with E-state index in [1.54, 1.807) is 4.90 Å². The highest BCUT2D eigenvalue weighted by Crippen LogP contribution is 2.38. The zero-order valence-electron chi connectivity index (χ0n) is 18.0.